The zero-order valence-electron chi connectivity index (χ0n) is 3.97. The van der Waals surface area contributed by atoms with Crippen LogP contribution in [0.1, 0.15) is 0 Å². The highest BCUT2D eigenvalue weighted by molar-refractivity contribution is 7.81. The van der Waals surface area contributed by atoms with Crippen LogP contribution < -0.4 is 0 Å². The van der Waals surface area contributed by atoms with Gasteiger partial charge in [0.15, 0.2) is 0 Å². The van der Waals surface area contributed by atoms with Crippen molar-refractivity contribution in [3.8, 4) is 0 Å². The molecule has 0 saturated carbocycles. The van der Waals surface area contributed by atoms with E-state index in [1.165, 1.54) is 0 Å². The summed E-state index contributed by atoms with van der Waals surface area (Å²) in [7, 11) is 0. The molecule has 2 unspecified atom stereocenters. The van der Waals surface area contributed by atoms with Gasteiger partial charge >= 0.3 is 0 Å². The lowest BCUT2D eigenvalue weighted by atomic mass is 10.4. The third kappa shape index (κ3) is 2.78. The molecule has 0 radical (unpaired) electrons. The number of hydrogen-bond acceptors (Lipinski definition) is 5. The van der Waals surface area contributed by atoms with Gasteiger partial charge in [0.25, 0.3) is 0 Å². The first-order chi connectivity index (χ1) is 3.55. The Hall–Kier alpha value is 0.580. The maximum atomic E-state index is 8.55. The highest BCUT2D eigenvalue weighted by Crippen LogP contribution is 2.05. The molecule has 3 N–H and O–H groups in total. The number of hydrogen-bond donors (Lipinski definition) is 5. The molecule has 0 aliphatic heterocycles. The van der Waals surface area contributed by atoms with Gasteiger partial charge in [-0.2, -0.15) is 0 Å². The summed E-state index contributed by atoms with van der Waals surface area (Å²) in [6.07, 6.45) is -1.29. The first-order valence-corrected chi connectivity index (χ1v) is 2.99. The van der Waals surface area contributed by atoms with Gasteiger partial charge in [-0.15, -0.1) is 25.3 Å². The summed E-state index contributed by atoms with van der Waals surface area (Å²) in [5.74, 6) is 0. The normalized spacial score (nSPS) is 22.1. The molecule has 50 valence electrons. The van der Waals surface area contributed by atoms with Gasteiger partial charge in [0.2, 0.25) is 0 Å². The van der Waals surface area contributed by atoms with Crippen molar-refractivity contribution in [1.82, 2.24) is 0 Å². The van der Waals surface area contributed by atoms with Crippen LogP contribution in [0.15, 0.2) is 0 Å². The van der Waals surface area contributed by atoms with Crippen LogP contribution in [0, 0.1) is 0 Å². The SMILES string of the molecule is OC(S)C(O)C(O)S. The molecule has 0 amide bonds. The van der Waals surface area contributed by atoms with Crippen LogP contribution in [0.25, 0.3) is 0 Å². The summed E-state index contributed by atoms with van der Waals surface area (Å²) in [4.78, 5) is 0. The zero-order valence-corrected chi connectivity index (χ0v) is 5.76. The highest BCUT2D eigenvalue weighted by Gasteiger charge is 2.17. The second-order valence-corrected chi connectivity index (χ2v) is 2.38. The Labute approximate surface area is 58.2 Å². The molecule has 0 bridgehead atoms. The van der Waals surface area contributed by atoms with E-state index in [9.17, 15) is 0 Å². The first kappa shape index (κ1) is 8.58. The fourth-order valence-electron chi connectivity index (χ4n) is 0.154. The molecular weight excluding hydrogens is 148 g/mol. The largest absolute Gasteiger partial charge is 0.386 e. The molecule has 0 aliphatic rings. The molecule has 0 rings (SSSR count). The van der Waals surface area contributed by atoms with Gasteiger partial charge in [-0.25, -0.2) is 0 Å². The third-order valence-corrected chi connectivity index (χ3v) is 1.22. The molecule has 0 heterocycles. The van der Waals surface area contributed by atoms with Crippen molar-refractivity contribution in [3.05, 3.63) is 0 Å². The van der Waals surface area contributed by atoms with Gasteiger partial charge in [0.1, 0.15) is 17.0 Å². The van der Waals surface area contributed by atoms with Gasteiger partial charge < -0.3 is 15.3 Å². The molecular formula is C3H8O3S2. The summed E-state index contributed by atoms with van der Waals surface area (Å²) in [6.45, 7) is 0. The smallest absolute Gasteiger partial charge is 0.126 e. The zero-order chi connectivity index (χ0) is 6.73. The fourth-order valence-corrected chi connectivity index (χ4v) is 0.616. The van der Waals surface area contributed by atoms with Crippen LogP contribution in [0.4, 0.5) is 0 Å². The second kappa shape index (κ2) is 3.58. The third-order valence-electron chi connectivity index (χ3n) is 0.611. The molecule has 0 aromatic carbocycles. The van der Waals surface area contributed by atoms with Crippen LogP contribution in [0.5, 0.6) is 0 Å². The number of aliphatic hydroxyl groups excluding tert-OH is 3. The van der Waals surface area contributed by atoms with Crippen molar-refractivity contribution >= 4 is 25.3 Å². The van der Waals surface area contributed by atoms with Crippen molar-refractivity contribution in [1.29, 1.82) is 0 Å². The van der Waals surface area contributed by atoms with Crippen LogP contribution in [-0.4, -0.2) is 32.3 Å². The standard InChI is InChI=1S/C3H8O3S2/c4-1(2(5)7)3(6)8/h1-8H. The molecule has 2 atom stereocenters. The van der Waals surface area contributed by atoms with Crippen LogP contribution in [-0.2, 0) is 0 Å². The lowest BCUT2D eigenvalue weighted by Gasteiger charge is -2.13. The molecule has 0 saturated heterocycles. The predicted octanol–water partition coefficient (Wildman–Crippen LogP) is -1.16. The van der Waals surface area contributed by atoms with Crippen molar-refractivity contribution in [2.75, 3.05) is 0 Å². The number of thiol groups is 2. The maximum Gasteiger partial charge on any atom is 0.126 e. The Bertz CT molecular complexity index is 57.5. The van der Waals surface area contributed by atoms with E-state index in [4.69, 9.17) is 15.3 Å². The minimum Gasteiger partial charge on any atom is -0.386 e. The van der Waals surface area contributed by atoms with Crippen molar-refractivity contribution in [2.45, 2.75) is 17.0 Å². The Morgan fingerprint density at radius 3 is 1.12 bits per heavy atom. The lowest BCUT2D eigenvalue weighted by molar-refractivity contribution is 0.0148. The van der Waals surface area contributed by atoms with Crippen molar-refractivity contribution < 1.29 is 15.3 Å². The van der Waals surface area contributed by atoms with E-state index in [0.29, 0.717) is 0 Å². The first-order valence-electron chi connectivity index (χ1n) is 1.96. The van der Waals surface area contributed by atoms with E-state index < -0.39 is 17.0 Å². The van der Waals surface area contributed by atoms with Gasteiger partial charge in [0.05, 0.1) is 0 Å². The molecule has 0 aromatic rings. The second-order valence-electron chi connectivity index (χ2n) is 1.32. The molecule has 0 fully saturated rings. The number of aliphatic hydroxyl groups is 3. The number of rotatable bonds is 2. The summed E-state index contributed by atoms with van der Waals surface area (Å²) < 4.78 is 0. The molecule has 8 heavy (non-hydrogen) atoms. The average Bonchev–Trinajstić information content (AvgIpc) is 1.64. The molecule has 0 aromatic heterocycles. The van der Waals surface area contributed by atoms with Crippen LogP contribution in [0.3, 0.4) is 0 Å². The lowest BCUT2D eigenvalue weighted by Crippen LogP contribution is -2.30. The van der Waals surface area contributed by atoms with E-state index in [1.54, 1.807) is 0 Å². The van der Waals surface area contributed by atoms with E-state index in [0.717, 1.165) is 0 Å². The summed E-state index contributed by atoms with van der Waals surface area (Å²) >= 11 is 6.86. The van der Waals surface area contributed by atoms with Gasteiger partial charge in [-0.05, 0) is 0 Å². The van der Waals surface area contributed by atoms with E-state index in [2.05, 4.69) is 25.3 Å². The topological polar surface area (TPSA) is 60.7 Å². The van der Waals surface area contributed by atoms with Gasteiger partial charge in [0, 0.05) is 0 Å². The van der Waals surface area contributed by atoms with Crippen molar-refractivity contribution in [3.63, 3.8) is 0 Å². The minimum absolute atomic E-state index is 1.23. The summed E-state index contributed by atoms with van der Waals surface area (Å²) in [5.41, 5.74) is -2.47. The molecule has 5 heteroatoms. The molecule has 0 spiro atoms. The maximum absolute atomic E-state index is 8.55. The molecule has 0 aliphatic carbocycles. The summed E-state index contributed by atoms with van der Waals surface area (Å²) in [5, 5.41) is 25.3. The quantitative estimate of drug-likeness (QED) is 0.259. The predicted molar refractivity (Wildman–Crippen MR) is 36.0 cm³/mol. The summed E-state index contributed by atoms with van der Waals surface area (Å²) in [6, 6.07) is 0. The highest BCUT2D eigenvalue weighted by atomic mass is 32.1. The van der Waals surface area contributed by atoms with Crippen LogP contribution >= 0.6 is 25.3 Å². The minimum atomic E-state index is -1.29. The Morgan fingerprint density at radius 2 is 1.12 bits per heavy atom. The Morgan fingerprint density at radius 1 is 0.875 bits per heavy atom. The Kier molecular flexibility index (Phi) is 3.84. The fraction of sp³-hybridized carbons (Fsp3) is 1.00. The van der Waals surface area contributed by atoms with E-state index in [1.807, 2.05) is 0 Å². The molecule has 3 nitrogen and oxygen atoms in total. The Balaban J connectivity index is 3.46. The van der Waals surface area contributed by atoms with E-state index in [-0.39, 0.29) is 0 Å². The van der Waals surface area contributed by atoms with E-state index >= 15 is 0 Å². The van der Waals surface area contributed by atoms with Gasteiger partial charge in [-0.1, -0.05) is 0 Å². The average molecular weight is 156 g/mol. The monoisotopic (exact) mass is 156 g/mol. The van der Waals surface area contributed by atoms with Crippen LogP contribution in [0.2, 0.25) is 0 Å². The van der Waals surface area contributed by atoms with Gasteiger partial charge in [-0.3, -0.25) is 0 Å². The van der Waals surface area contributed by atoms with Crippen molar-refractivity contribution in [2.24, 2.45) is 0 Å².